The van der Waals surface area contributed by atoms with Crippen LogP contribution in [-0.2, 0) is 8.86 Å². The third-order valence-corrected chi connectivity index (χ3v) is 3.13. The van der Waals surface area contributed by atoms with E-state index in [1.54, 1.807) is 6.20 Å². The molecule has 0 aliphatic rings. The maximum Gasteiger partial charge on any atom is 0.144 e. The van der Waals surface area contributed by atoms with Gasteiger partial charge in [0.1, 0.15) is 11.8 Å². The van der Waals surface area contributed by atoms with Crippen LogP contribution in [0.25, 0.3) is 0 Å². The quantitative estimate of drug-likeness (QED) is 0.581. The molecule has 0 N–H and O–H groups in total. The second kappa shape index (κ2) is 4.97. The number of rotatable bonds is 2. The van der Waals surface area contributed by atoms with Crippen molar-refractivity contribution in [2.45, 2.75) is 8.86 Å². The minimum absolute atomic E-state index is 0.554. The van der Waals surface area contributed by atoms with Crippen LogP contribution in [0.15, 0.2) is 12.3 Å². The van der Waals surface area contributed by atoms with E-state index in [0.717, 1.165) is 14.4 Å². The fraction of sp³-hybridized carbons (Fsp3) is 0.250. The first kappa shape index (κ1) is 10.2. The summed E-state index contributed by atoms with van der Waals surface area (Å²) < 4.78 is 1.79. The van der Waals surface area contributed by atoms with Gasteiger partial charge in [0.25, 0.3) is 0 Å². The molecule has 0 aliphatic heterocycles. The Morgan fingerprint density at radius 2 is 2.17 bits per heavy atom. The summed E-state index contributed by atoms with van der Waals surface area (Å²) in [6, 6.07) is 4.13. The van der Waals surface area contributed by atoms with Gasteiger partial charge in [-0.05, 0) is 17.2 Å². The molecule has 0 radical (unpaired) electrons. The van der Waals surface area contributed by atoms with Crippen molar-refractivity contribution in [3.05, 3.63) is 29.1 Å². The standard InChI is InChI=1S/C8H6I2N2/c9-2-6-1-7(3-10)8(4-11)12-5-6/h1,5H,2-3H2. The highest BCUT2D eigenvalue weighted by Gasteiger charge is 2.02. The molecule has 0 fully saturated rings. The lowest BCUT2D eigenvalue weighted by Gasteiger charge is -2.00. The molecule has 1 aromatic heterocycles. The van der Waals surface area contributed by atoms with E-state index in [-0.39, 0.29) is 0 Å². The molecule has 0 saturated carbocycles. The Balaban J connectivity index is 3.13. The number of aromatic nitrogens is 1. The maximum absolute atomic E-state index is 8.70. The van der Waals surface area contributed by atoms with Gasteiger partial charge in [0, 0.05) is 15.1 Å². The second-order valence-corrected chi connectivity index (χ2v) is 3.76. The lowest BCUT2D eigenvalue weighted by Crippen LogP contribution is -1.92. The largest absolute Gasteiger partial charge is 0.245 e. The molecule has 1 rings (SSSR count). The number of nitriles is 1. The SMILES string of the molecule is N#Cc1ncc(CI)cc1CI. The Kier molecular flexibility index (Phi) is 4.21. The van der Waals surface area contributed by atoms with Crippen LogP contribution in [0, 0.1) is 11.3 Å². The fourth-order valence-corrected chi connectivity index (χ4v) is 1.83. The summed E-state index contributed by atoms with van der Waals surface area (Å²) >= 11 is 4.53. The van der Waals surface area contributed by atoms with E-state index in [2.05, 4.69) is 56.2 Å². The number of hydrogen-bond donors (Lipinski definition) is 0. The van der Waals surface area contributed by atoms with Crippen molar-refractivity contribution in [1.82, 2.24) is 4.98 Å². The third-order valence-electron chi connectivity index (χ3n) is 1.43. The predicted octanol–water partition coefficient (Wildman–Crippen LogP) is 2.82. The van der Waals surface area contributed by atoms with Gasteiger partial charge in [-0.15, -0.1) is 0 Å². The summed E-state index contributed by atoms with van der Waals surface area (Å²) in [5, 5.41) is 8.70. The zero-order chi connectivity index (χ0) is 8.97. The first-order valence-corrected chi connectivity index (χ1v) is 6.36. The lowest BCUT2D eigenvalue weighted by molar-refractivity contribution is 1.17. The first-order chi connectivity index (χ1) is 5.81. The van der Waals surface area contributed by atoms with E-state index in [4.69, 9.17) is 5.26 Å². The van der Waals surface area contributed by atoms with Crippen LogP contribution >= 0.6 is 45.2 Å². The summed E-state index contributed by atoms with van der Waals surface area (Å²) in [6.07, 6.45) is 1.76. The second-order valence-electron chi connectivity index (χ2n) is 2.23. The first-order valence-electron chi connectivity index (χ1n) is 3.31. The van der Waals surface area contributed by atoms with Crippen LogP contribution in [0.3, 0.4) is 0 Å². The Morgan fingerprint density at radius 1 is 1.42 bits per heavy atom. The van der Waals surface area contributed by atoms with E-state index < -0.39 is 0 Å². The van der Waals surface area contributed by atoms with Gasteiger partial charge in [0.05, 0.1) is 0 Å². The highest BCUT2D eigenvalue weighted by molar-refractivity contribution is 14.1. The van der Waals surface area contributed by atoms with Crippen LogP contribution in [0.5, 0.6) is 0 Å². The zero-order valence-electron chi connectivity index (χ0n) is 6.22. The summed E-state index contributed by atoms with van der Waals surface area (Å²) in [5.74, 6) is 0. The molecule has 0 atom stereocenters. The van der Waals surface area contributed by atoms with Crippen LogP contribution in [-0.4, -0.2) is 4.98 Å². The van der Waals surface area contributed by atoms with Crippen molar-refractivity contribution in [2.24, 2.45) is 0 Å². The molecule has 0 saturated heterocycles. The summed E-state index contributed by atoms with van der Waals surface area (Å²) in [5.41, 5.74) is 2.77. The number of nitrogens with zero attached hydrogens (tertiary/aromatic N) is 2. The number of pyridine rings is 1. The molecule has 1 heterocycles. The molecule has 4 heteroatoms. The van der Waals surface area contributed by atoms with E-state index >= 15 is 0 Å². The van der Waals surface area contributed by atoms with Gasteiger partial charge in [-0.3, -0.25) is 0 Å². The highest BCUT2D eigenvalue weighted by atomic mass is 127. The average molecular weight is 384 g/mol. The fourth-order valence-electron chi connectivity index (χ4n) is 0.835. The molecule has 0 aromatic carbocycles. The Bertz CT molecular complexity index is 317. The smallest absolute Gasteiger partial charge is 0.144 e. The van der Waals surface area contributed by atoms with E-state index in [9.17, 15) is 0 Å². The van der Waals surface area contributed by atoms with Gasteiger partial charge < -0.3 is 0 Å². The van der Waals surface area contributed by atoms with Crippen LogP contribution < -0.4 is 0 Å². The van der Waals surface area contributed by atoms with Gasteiger partial charge in [-0.1, -0.05) is 45.2 Å². The summed E-state index contributed by atoms with van der Waals surface area (Å²) in [6.45, 7) is 0. The molecular weight excluding hydrogens is 378 g/mol. The number of halogens is 2. The van der Waals surface area contributed by atoms with Gasteiger partial charge in [-0.25, -0.2) is 4.98 Å². The van der Waals surface area contributed by atoms with Crippen molar-refractivity contribution in [2.75, 3.05) is 0 Å². The molecule has 2 nitrogen and oxygen atoms in total. The molecule has 62 valence electrons. The Hall–Kier alpha value is 0.1000. The molecule has 1 aromatic rings. The number of hydrogen-bond acceptors (Lipinski definition) is 2. The monoisotopic (exact) mass is 384 g/mol. The molecule has 0 bridgehead atoms. The van der Waals surface area contributed by atoms with E-state index in [1.807, 2.05) is 6.07 Å². The third kappa shape index (κ3) is 2.29. The van der Waals surface area contributed by atoms with Crippen molar-refractivity contribution in [1.29, 1.82) is 5.26 Å². The zero-order valence-corrected chi connectivity index (χ0v) is 10.5. The lowest BCUT2D eigenvalue weighted by atomic mass is 10.2. The minimum Gasteiger partial charge on any atom is -0.245 e. The van der Waals surface area contributed by atoms with Crippen molar-refractivity contribution in [3.63, 3.8) is 0 Å². The summed E-state index contributed by atoms with van der Waals surface area (Å²) in [4.78, 5) is 4.07. The molecular formula is C8H6I2N2. The highest BCUT2D eigenvalue weighted by Crippen LogP contribution is 2.14. The van der Waals surface area contributed by atoms with E-state index in [0.29, 0.717) is 5.69 Å². The number of alkyl halides is 2. The van der Waals surface area contributed by atoms with Crippen molar-refractivity contribution >= 4 is 45.2 Å². The van der Waals surface area contributed by atoms with Crippen LogP contribution in [0.2, 0.25) is 0 Å². The molecule has 0 aliphatic carbocycles. The average Bonchev–Trinajstić information content (AvgIpc) is 2.16. The minimum atomic E-state index is 0.554. The van der Waals surface area contributed by atoms with Crippen LogP contribution in [0.1, 0.15) is 16.8 Å². The molecule has 0 amide bonds. The van der Waals surface area contributed by atoms with Crippen LogP contribution in [0.4, 0.5) is 0 Å². The topological polar surface area (TPSA) is 36.7 Å². The van der Waals surface area contributed by atoms with Gasteiger partial charge in [0.15, 0.2) is 0 Å². The molecule has 0 unspecified atom stereocenters. The predicted molar refractivity (Wildman–Crippen MR) is 64.4 cm³/mol. The molecule has 0 spiro atoms. The van der Waals surface area contributed by atoms with Gasteiger partial charge >= 0.3 is 0 Å². The van der Waals surface area contributed by atoms with E-state index in [1.165, 1.54) is 5.56 Å². The van der Waals surface area contributed by atoms with Crippen molar-refractivity contribution < 1.29 is 0 Å². The normalized spacial score (nSPS) is 9.42. The molecule has 12 heavy (non-hydrogen) atoms. The Labute approximate surface area is 98.7 Å². The Morgan fingerprint density at radius 3 is 2.67 bits per heavy atom. The van der Waals surface area contributed by atoms with Gasteiger partial charge in [0.2, 0.25) is 0 Å². The van der Waals surface area contributed by atoms with Gasteiger partial charge in [-0.2, -0.15) is 5.26 Å². The maximum atomic E-state index is 8.70. The van der Waals surface area contributed by atoms with Crippen molar-refractivity contribution in [3.8, 4) is 6.07 Å². The summed E-state index contributed by atoms with van der Waals surface area (Å²) in [7, 11) is 0.